The SMILES string of the molecule is CSc1ccc(NC(=O)COC(=O)c2cccc(NS(=O)(=O)c3ccccc3)c2)cc1. The second-order valence-corrected chi connectivity index (χ2v) is 8.91. The van der Waals surface area contributed by atoms with Gasteiger partial charge in [0.2, 0.25) is 0 Å². The number of amides is 1. The van der Waals surface area contributed by atoms with Gasteiger partial charge in [-0.15, -0.1) is 11.8 Å². The molecule has 0 aliphatic carbocycles. The molecule has 1 amide bonds. The Labute approximate surface area is 184 Å². The van der Waals surface area contributed by atoms with E-state index < -0.39 is 28.5 Å². The van der Waals surface area contributed by atoms with Crippen molar-refractivity contribution in [1.82, 2.24) is 0 Å². The first-order valence-electron chi connectivity index (χ1n) is 9.16. The lowest BCUT2D eigenvalue weighted by Gasteiger charge is -2.10. The fourth-order valence-electron chi connectivity index (χ4n) is 2.61. The molecule has 2 N–H and O–H groups in total. The number of anilines is 2. The highest BCUT2D eigenvalue weighted by atomic mass is 32.2. The number of hydrogen-bond acceptors (Lipinski definition) is 6. The molecule has 0 spiro atoms. The van der Waals surface area contributed by atoms with E-state index in [0.29, 0.717) is 5.69 Å². The Kier molecular flexibility index (Phi) is 7.32. The number of rotatable bonds is 8. The van der Waals surface area contributed by atoms with Gasteiger partial charge in [-0.2, -0.15) is 0 Å². The number of nitrogens with one attached hydrogen (secondary N) is 2. The van der Waals surface area contributed by atoms with Crippen LogP contribution in [0.2, 0.25) is 0 Å². The zero-order valence-electron chi connectivity index (χ0n) is 16.6. The molecule has 0 heterocycles. The molecular weight excluding hydrogens is 436 g/mol. The minimum Gasteiger partial charge on any atom is -0.452 e. The van der Waals surface area contributed by atoms with Crippen molar-refractivity contribution >= 4 is 45.0 Å². The van der Waals surface area contributed by atoms with Crippen LogP contribution in [0.15, 0.2) is 88.7 Å². The maximum absolute atomic E-state index is 12.4. The molecule has 0 atom stereocenters. The fraction of sp³-hybridized carbons (Fsp3) is 0.0909. The number of thioether (sulfide) groups is 1. The average Bonchev–Trinajstić information content (AvgIpc) is 2.78. The van der Waals surface area contributed by atoms with Gasteiger partial charge in [-0.3, -0.25) is 9.52 Å². The second-order valence-electron chi connectivity index (χ2n) is 6.35. The third-order valence-corrected chi connectivity index (χ3v) is 6.25. The summed E-state index contributed by atoms with van der Waals surface area (Å²) in [5.74, 6) is -1.22. The van der Waals surface area contributed by atoms with E-state index in [2.05, 4.69) is 10.0 Å². The Morgan fingerprint density at radius 3 is 2.29 bits per heavy atom. The zero-order valence-corrected chi connectivity index (χ0v) is 18.2. The largest absolute Gasteiger partial charge is 0.452 e. The van der Waals surface area contributed by atoms with Crippen LogP contribution in [0, 0.1) is 0 Å². The van der Waals surface area contributed by atoms with Gasteiger partial charge in [0.25, 0.3) is 15.9 Å². The highest BCUT2D eigenvalue weighted by Crippen LogP contribution is 2.19. The summed E-state index contributed by atoms with van der Waals surface area (Å²) in [4.78, 5) is 25.5. The number of ether oxygens (including phenoxy) is 1. The van der Waals surface area contributed by atoms with Gasteiger partial charge in [0, 0.05) is 16.3 Å². The fourth-order valence-corrected chi connectivity index (χ4v) is 4.09. The minimum atomic E-state index is -3.79. The molecule has 0 aromatic heterocycles. The summed E-state index contributed by atoms with van der Waals surface area (Å²) in [6.07, 6.45) is 1.95. The average molecular weight is 457 g/mol. The van der Waals surface area contributed by atoms with Gasteiger partial charge in [0.1, 0.15) is 0 Å². The molecule has 0 saturated carbocycles. The lowest BCUT2D eigenvalue weighted by Crippen LogP contribution is -2.21. The van der Waals surface area contributed by atoms with E-state index in [0.717, 1.165) is 4.90 Å². The van der Waals surface area contributed by atoms with E-state index >= 15 is 0 Å². The van der Waals surface area contributed by atoms with E-state index in [4.69, 9.17) is 4.74 Å². The molecule has 0 aliphatic heterocycles. The molecule has 0 unspecified atom stereocenters. The van der Waals surface area contributed by atoms with Crippen LogP contribution in [-0.4, -0.2) is 33.2 Å². The Morgan fingerprint density at radius 1 is 0.903 bits per heavy atom. The van der Waals surface area contributed by atoms with Crippen LogP contribution < -0.4 is 10.0 Å². The number of benzene rings is 3. The third-order valence-electron chi connectivity index (χ3n) is 4.11. The van der Waals surface area contributed by atoms with Gasteiger partial charge in [-0.05, 0) is 60.9 Å². The summed E-state index contributed by atoms with van der Waals surface area (Å²) in [6.45, 7) is -0.469. The van der Waals surface area contributed by atoms with Crippen molar-refractivity contribution in [3.63, 3.8) is 0 Å². The van der Waals surface area contributed by atoms with E-state index in [9.17, 15) is 18.0 Å². The van der Waals surface area contributed by atoms with Crippen LogP contribution in [0.5, 0.6) is 0 Å². The Balaban J connectivity index is 1.59. The van der Waals surface area contributed by atoms with Crippen LogP contribution in [0.3, 0.4) is 0 Å². The van der Waals surface area contributed by atoms with Gasteiger partial charge in [-0.1, -0.05) is 24.3 Å². The lowest BCUT2D eigenvalue weighted by atomic mass is 10.2. The number of hydrogen-bond donors (Lipinski definition) is 2. The van der Waals surface area contributed by atoms with Crippen LogP contribution in [0.1, 0.15) is 10.4 Å². The van der Waals surface area contributed by atoms with E-state index in [-0.39, 0.29) is 16.1 Å². The van der Waals surface area contributed by atoms with Crippen molar-refractivity contribution in [1.29, 1.82) is 0 Å². The number of sulfonamides is 1. The van der Waals surface area contributed by atoms with Crippen LogP contribution in [0.4, 0.5) is 11.4 Å². The first-order chi connectivity index (χ1) is 14.9. The van der Waals surface area contributed by atoms with Crippen LogP contribution in [0.25, 0.3) is 0 Å². The number of carbonyl (C=O) groups excluding carboxylic acids is 2. The molecule has 0 bridgehead atoms. The summed E-state index contributed by atoms with van der Waals surface area (Å²) in [5, 5.41) is 2.64. The van der Waals surface area contributed by atoms with Gasteiger partial charge >= 0.3 is 5.97 Å². The number of carbonyl (C=O) groups is 2. The smallest absolute Gasteiger partial charge is 0.338 e. The molecule has 3 rings (SSSR count). The Bertz CT molecular complexity index is 1160. The van der Waals surface area contributed by atoms with Crippen LogP contribution in [-0.2, 0) is 19.6 Å². The van der Waals surface area contributed by atoms with E-state index in [1.165, 1.54) is 36.4 Å². The van der Waals surface area contributed by atoms with Crippen LogP contribution >= 0.6 is 11.8 Å². The molecule has 31 heavy (non-hydrogen) atoms. The predicted octanol–water partition coefficient (Wildman–Crippen LogP) is 4.00. The van der Waals surface area contributed by atoms with E-state index in [1.54, 1.807) is 42.1 Å². The zero-order chi connectivity index (χ0) is 22.3. The lowest BCUT2D eigenvalue weighted by molar-refractivity contribution is -0.119. The summed E-state index contributed by atoms with van der Waals surface area (Å²) in [6, 6.07) is 21.0. The molecule has 0 saturated heterocycles. The highest BCUT2D eigenvalue weighted by Gasteiger charge is 2.16. The maximum atomic E-state index is 12.4. The normalized spacial score (nSPS) is 10.9. The van der Waals surface area contributed by atoms with Gasteiger partial charge in [0.05, 0.1) is 10.5 Å². The highest BCUT2D eigenvalue weighted by molar-refractivity contribution is 7.98. The standard InChI is InChI=1S/C22H20N2O5S2/c1-30-19-12-10-17(11-13-19)23-21(25)15-29-22(26)16-6-5-7-18(14-16)24-31(27,28)20-8-3-2-4-9-20/h2-14,24H,15H2,1H3,(H,23,25). The molecular formula is C22H20N2O5S2. The maximum Gasteiger partial charge on any atom is 0.338 e. The molecule has 0 radical (unpaired) electrons. The van der Waals surface area contributed by atoms with E-state index in [1.807, 2.05) is 18.4 Å². The first-order valence-corrected chi connectivity index (χ1v) is 11.9. The van der Waals surface area contributed by atoms with Crippen molar-refractivity contribution < 1.29 is 22.7 Å². The number of esters is 1. The monoisotopic (exact) mass is 456 g/mol. The molecule has 7 nitrogen and oxygen atoms in total. The Morgan fingerprint density at radius 2 is 1.61 bits per heavy atom. The third kappa shape index (κ3) is 6.34. The predicted molar refractivity (Wildman–Crippen MR) is 121 cm³/mol. The molecule has 160 valence electrons. The topological polar surface area (TPSA) is 102 Å². The quantitative estimate of drug-likeness (QED) is 0.392. The van der Waals surface area contributed by atoms with Crippen molar-refractivity contribution in [2.24, 2.45) is 0 Å². The molecule has 3 aromatic rings. The molecule has 0 fully saturated rings. The Hall–Kier alpha value is -3.30. The van der Waals surface area contributed by atoms with Crippen molar-refractivity contribution in [3.05, 3.63) is 84.4 Å². The van der Waals surface area contributed by atoms with Gasteiger partial charge < -0.3 is 10.1 Å². The molecule has 3 aromatic carbocycles. The van der Waals surface area contributed by atoms with Crippen molar-refractivity contribution in [2.45, 2.75) is 9.79 Å². The van der Waals surface area contributed by atoms with Gasteiger partial charge in [0.15, 0.2) is 6.61 Å². The van der Waals surface area contributed by atoms with Crippen molar-refractivity contribution in [2.75, 3.05) is 22.9 Å². The summed E-state index contributed by atoms with van der Waals surface area (Å²) >= 11 is 1.59. The first kappa shape index (κ1) is 22.4. The molecule has 9 heteroatoms. The van der Waals surface area contributed by atoms with Gasteiger partial charge in [-0.25, -0.2) is 13.2 Å². The summed E-state index contributed by atoms with van der Waals surface area (Å²) < 4.78 is 32.3. The second kappa shape index (κ2) is 10.1. The summed E-state index contributed by atoms with van der Waals surface area (Å²) in [5.41, 5.74) is 0.915. The minimum absolute atomic E-state index is 0.102. The molecule has 0 aliphatic rings. The summed E-state index contributed by atoms with van der Waals surface area (Å²) in [7, 11) is -3.79. The van der Waals surface area contributed by atoms with Crippen molar-refractivity contribution in [3.8, 4) is 0 Å².